The lowest BCUT2D eigenvalue weighted by Crippen LogP contribution is -2.23. The quantitative estimate of drug-likeness (QED) is 0.297. The Morgan fingerprint density at radius 2 is 1.76 bits per heavy atom. The zero-order chi connectivity index (χ0) is 21.1. The first-order valence-electron chi connectivity index (χ1n) is 10.9. The molecular formula is C24H36O5. The minimum absolute atomic E-state index is 0.00237. The second kappa shape index (κ2) is 12.8. The average molecular weight is 405 g/mol. The number of allylic oxidation sites excluding steroid dienone is 2. The molecule has 0 spiro atoms. The molecule has 1 saturated carbocycles. The van der Waals surface area contributed by atoms with Gasteiger partial charge in [-0.25, -0.2) is 0 Å². The van der Waals surface area contributed by atoms with Crippen LogP contribution in [0.15, 0.2) is 42.5 Å². The SMILES string of the molecule is O=C(O)CCCC=CC[C@@H]1[C@@H](CC[C@@H](O)CCCc2ccccc2)[C@H](O)C[C@@H]1O. The number of aliphatic hydroxyl groups excluding tert-OH is 3. The van der Waals surface area contributed by atoms with Crippen molar-refractivity contribution in [3.8, 4) is 0 Å². The first-order chi connectivity index (χ1) is 14.0. The third kappa shape index (κ3) is 8.69. The highest BCUT2D eigenvalue weighted by molar-refractivity contribution is 5.66. The summed E-state index contributed by atoms with van der Waals surface area (Å²) in [5.74, 6) is -0.787. The number of benzene rings is 1. The van der Waals surface area contributed by atoms with E-state index in [9.17, 15) is 20.1 Å². The molecule has 0 radical (unpaired) electrons. The predicted octanol–water partition coefficient (Wildman–Crippen LogP) is 3.71. The lowest BCUT2D eigenvalue weighted by Gasteiger charge is -2.23. The van der Waals surface area contributed by atoms with Crippen LogP contribution < -0.4 is 0 Å². The Bertz CT molecular complexity index is 615. The van der Waals surface area contributed by atoms with E-state index in [1.165, 1.54) is 5.56 Å². The van der Waals surface area contributed by atoms with Gasteiger partial charge in [-0.3, -0.25) is 4.79 Å². The molecule has 5 heteroatoms. The number of hydrogen-bond donors (Lipinski definition) is 4. The number of carbonyl (C=O) groups is 1. The molecule has 5 atom stereocenters. The van der Waals surface area contributed by atoms with Crippen LogP contribution in [-0.2, 0) is 11.2 Å². The van der Waals surface area contributed by atoms with Gasteiger partial charge < -0.3 is 20.4 Å². The van der Waals surface area contributed by atoms with Crippen LogP contribution in [0.3, 0.4) is 0 Å². The number of unbranched alkanes of at least 4 members (excludes halogenated alkanes) is 1. The lowest BCUT2D eigenvalue weighted by atomic mass is 9.85. The number of carboxylic acid groups (broad SMARTS) is 1. The Hall–Kier alpha value is -1.69. The van der Waals surface area contributed by atoms with Gasteiger partial charge in [-0.2, -0.15) is 0 Å². The van der Waals surface area contributed by atoms with E-state index in [2.05, 4.69) is 12.1 Å². The van der Waals surface area contributed by atoms with Crippen LogP contribution in [0.5, 0.6) is 0 Å². The summed E-state index contributed by atoms with van der Waals surface area (Å²) in [4.78, 5) is 10.5. The fourth-order valence-corrected chi connectivity index (χ4v) is 4.36. The van der Waals surface area contributed by atoms with Crippen LogP contribution in [0, 0.1) is 11.8 Å². The third-order valence-corrected chi connectivity index (χ3v) is 6.04. The van der Waals surface area contributed by atoms with E-state index in [-0.39, 0.29) is 24.4 Å². The smallest absolute Gasteiger partial charge is 0.303 e. The Balaban J connectivity index is 1.70. The van der Waals surface area contributed by atoms with E-state index in [1.807, 2.05) is 30.4 Å². The number of aliphatic hydroxyl groups is 3. The van der Waals surface area contributed by atoms with Gasteiger partial charge in [-0.05, 0) is 75.2 Å². The second-order valence-corrected chi connectivity index (χ2v) is 8.30. The molecule has 1 aromatic carbocycles. The molecule has 0 aromatic heterocycles. The zero-order valence-electron chi connectivity index (χ0n) is 17.2. The molecule has 2 rings (SSSR count). The van der Waals surface area contributed by atoms with Gasteiger partial charge in [0, 0.05) is 6.42 Å². The number of rotatable bonds is 13. The van der Waals surface area contributed by atoms with Crippen LogP contribution >= 0.6 is 0 Å². The summed E-state index contributed by atoms with van der Waals surface area (Å²) in [6.45, 7) is 0. The predicted molar refractivity (Wildman–Crippen MR) is 113 cm³/mol. The van der Waals surface area contributed by atoms with Gasteiger partial charge in [0.05, 0.1) is 18.3 Å². The standard InChI is InChI=1S/C24H36O5/c25-19(12-8-11-18-9-4-3-5-10-18)15-16-21-20(22(26)17-23(21)27)13-6-1-2-7-14-24(28)29/h1,3-6,9-10,19-23,25-27H,2,7-8,11-17H2,(H,28,29)/t19-,20+,21+,22-,23+/m0/s1. The van der Waals surface area contributed by atoms with Gasteiger partial charge in [-0.15, -0.1) is 0 Å². The Morgan fingerprint density at radius 3 is 2.48 bits per heavy atom. The Kier molecular flexibility index (Phi) is 10.4. The van der Waals surface area contributed by atoms with Crippen LogP contribution in [0.4, 0.5) is 0 Å². The molecule has 0 unspecified atom stereocenters. The highest BCUT2D eigenvalue weighted by atomic mass is 16.4. The van der Waals surface area contributed by atoms with Crippen molar-refractivity contribution in [2.75, 3.05) is 0 Å². The second-order valence-electron chi connectivity index (χ2n) is 8.30. The minimum Gasteiger partial charge on any atom is -0.481 e. The minimum atomic E-state index is -0.782. The van der Waals surface area contributed by atoms with Gasteiger partial charge in [-0.1, -0.05) is 42.5 Å². The van der Waals surface area contributed by atoms with E-state index in [0.717, 1.165) is 19.3 Å². The molecule has 0 amide bonds. The summed E-state index contributed by atoms with van der Waals surface area (Å²) >= 11 is 0. The first-order valence-corrected chi connectivity index (χ1v) is 10.9. The maximum atomic E-state index is 10.5. The Labute approximate surface area is 174 Å². The molecule has 0 aliphatic heterocycles. The monoisotopic (exact) mass is 404 g/mol. The van der Waals surface area contributed by atoms with Crippen LogP contribution in [0.2, 0.25) is 0 Å². The van der Waals surface area contributed by atoms with Gasteiger partial charge in [0.25, 0.3) is 0 Å². The highest BCUT2D eigenvalue weighted by Crippen LogP contribution is 2.38. The molecule has 29 heavy (non-hydrogen) atoms. The topological polar surface area (TPSA) is 98.0 Å². The van der Waals surface area contributed by atoms with Crippen molar-refractivity contribution in [3.63, 3.8) is 0 Å². The molecule has 0 heterocycles. The number of aryl methyl sites for hydroxylation is 1. The van der Waals surface area contributed by atoms with Crippen LogP contribution in [0.1, 0.15) is 63.4 Å². The molecule has 5 nitrogen and oxygen atoms in total. The van der Waals surface area contributed by atoms with Crippen LogP contribution in [0.25, 0.3) is 0 Å². The van der Waals surface area contributed by atoms with Crippen molar-refractivity contribution in [2.24, 2.45) is 11.8 Å². The molecular weight excluding hydrogens is 368 g/mol. The largest absolute Gasteiger partial charge is 0.481 e. The van der Waals surface area contributed by atoms with Crippen molar-refractivity contribution < 1.29 is 25.2 Å². The Morgan fingerprint density at radius 1 is 1.03 bits per heavy atom. The van der Waals surface area contributed by atoms with Crippen molar-refractivity contribution in [1.29, 1.82) is 0 Å². The molecule has 1 aliphatic rings. The fraction of sp³-hybridized carbons (Fsp3) is 0.625. The summed E-state index contributed by atoms with van der Waals surface area (Å²) in [5.41, 5.74) is 1.28. The normalized spacial score (nSPS) is 25.5. The van der Waals surface area contributed by atoms with Crippen molar-refractivity contribution >= 4 is 5.97 Å². The summed E-state index contributed by atoms with van der Waals surface area (Å²) < 4.78 is 0. The van der Waals surface area contributed by atoms with Gasteiger partial charge in [0.15, 0.2) is 0 Å². The molecule has 1 aliphatic carbocycles. The van der Waals surface area contributed by atoms with Gasteiger partial charge >= 0.3 is 5.97 Å². The summed E-state index contributed by atoms with van der Waals surface area (Å²) in [6, 6.07) is 10.3. The maximum absolute atomic E-state index is 10.5. The molecule has 162 valence electrons. The molecule has 1 aromatic rings. The third-order valence-electron chi connectivity index (χ3n) is 6.04. The number of aliphatic carboxylic acids is 1. The number of carboxylic acids is 1. The van der Waals surface area contributed by atoms with Gasteiger partial charge in [0.1, 0.15) is 0 Å². The van der Waals surface area contributed by atoms with E-state index >= 15 is 0 Å². The average Bonchev–Trinajstić information content (AvgIpc) is 2.96. The molecule has 4 N–H and O–H groups in total. The molecule has 0 saturated heterocycles. The van der Waals surface area contributed by atoms with Crippen molar-refractivity contribution in [1.82, 2.24) is 0 Å². The van der Waals surface area contributed by atoms with E-state index in [1.54, 1.807) is 0 Å². The summed E-state index contributed by atoms with van der Waals surface area (Å²) in [6.07, 6.45) is 9.10. The molecule has 1 fully saturated rings. The highest BCUT2D eigenvalue weighted by Gasteiger charge is 2.40. The van der Waals surface area contributed by atoms with Crippen molar-refractivity contribution in [3.05, 3.63) is 48.0 Å². The lowest BCUT2D eigenvalue weighted by molar-refractivity contribution is -0.137. The summed E-state index contributed by atoms with van der Waals surface area (Å²) in [7, 11) is 0. The summed E-state index contributed by atoms with van der Waals surface area (Å²) in [5, 5.41) is 39.6. The first kappa shape index (κ1) is 23.6. The number of hydrogen-bond acceptors (Lipinski definition) is 4. The van der Waals surface area contributed by atoms with Gasteiger partial charge in [0.2, 0.25) is 0 Å². The van der Waals surface area contributed by atoms with Crippen LogP contribution in [-0.4, -0.2) is 44.7 Å². The molecule has 0 bridgehead atoms. The van der Waals surface area contributed by atoms with Crippen molar-refractivity contribution in [2.45, 2.75) is 82.5 Å². The van der Waals surface area contributed by atoms with E-state index in [4.69, 9.17) is 5.11 Å². The maximum Gasteiger partial charge on any atom is 0.303 e. The zero-order valence-corrected chi connectivity index (χ0v) is 17.2. The van der Waals surface area contributed by atoms with E-state index < -0.39 is 18.2 Å². The fourth-order valence-electron chi connectivity index (χ4n) is 4.36. The van der Waals surface area contributed by atoms with E-state index in [0.29, 0.717) is 38.5 Å².